The summed E-state index contributed by atoms with van der Waals surface area (Å²) in [5, 5.41) is 39.1. The normalized spacial score (nSPS) is 12.2. The van der Waals surface area contributed by atoms with Gasteiger partial charge in [0.25, 0.3) is 10.1 Å². The maximum Gasteiger partial charge on any atom is 0.357 e. The second-order valence-electron chi connectivity index (χ2n) is 9.05. The molecule has 4 aromatic carbocycles. The van der Waals surface area contributed by atoms with Crippen LogP contribution in [0.4, 0.5) is 22.7 Å². The zero-order valence-corrected chi connectivity index (χ0v) is 22.1. The van der Waals surface area contributed by atoms with Crippen molar-refractivity contribution >= 4 is 71.4 Å². The Kier molecular flexibility index (Phi) is 6.57. The average Bonchev–Trinajstić information content (AvgIpc) is 2.99. The summed E-state index contributed by atoms with van der Waals surface area (Å²) >= 11 is 0. The third-order valence-electron chi connectivity index (χ3n) is 6.40. The number of carboxylic acids is 1. The third kappa shape index (κ3) is 5.00. The molecule has 3 N–H and O–H groups in total. The molecular weight excluding hydrogens is 560 g/mol. The molecule has 0 spiro atoms. The van der Waals surface area contributed by atoms with E-state index < -0.39 is 32.4 Å². The van der Waals surface area contributed by atoms with Crippen LogP contribution in [0.25, 0.3) is 32.6 Å². The van der Waals surface area contributed by atoms with Gasteiger partial charge in [-0.1, -0.05) is 24.3 Å². The molecular formula is C29H18N6O6S. The summed E-state index contributed by atoms with van der Waals surface area (Å²) in [6.45, 7) is 0. The smallest absolute Gasteiger partial charge is 0.357 e. The molecule has 0 aliphatic carbocycles. The van der Waals surface area contributed by atoms with Gasteiger partial charge < -0.3 is 10.2 Å². The van der Waals surface area contributed by atoms with E-state index in [0.717, 1.165) is 10.9 Å². The summed E-state index contributed by atoms with van der Waals surface area (Å²) in [7, 11) is -4.58. The van der Waals surface area contributed by atoms with Gasteiger partial charge in [0.2, 0.25) is 0 Å². The highest BCUT2D eigenvalue weighted by atomic mass is 32.2. The molecule has 13 heteroatoms. The molecule has 0 unspecified atom stereocenters. The fraction of sp³-hybridized carbons (Fsp3) is 0. The molecule has 6 aromatic rings. The number of carboxylic acid groups (broad SMARTS) is 1. The van der Waals surface area contributed by atoms with Crippen LogP contribution in [0.15, 0.2) is 116 Å². The van der Waals surface area contributed by atoms with Gasteiger partial charge in [0.1, 0.15) is 0 Å². The SMILES string of the molecule is O=C(O)c1nc2ccccc2c(O)c1/N=N/c1ccc(/N=N/c2ccc3ncccc3c2)c2ccc(S(=O)(=O)O)cc12. The molecule has 0 aliphatic rings. The van der Waals surface area contributed by atoms with Crippen LogP contribution in [-0.4, -0.2) is 39.1 Å². The van der Waals surface area contributed by atoms with Crippen molar-refractivity contribution in [2.45, 2.75) is 4.90 Å². The minimum Gasteiger partial charge on any atom is -0.505 e. The second-order valence-corrected chi connectivity index (χ2v) is 10.5. The van der Waals surface area contributed by atoms with Gasteiger partial charge in [-0.05, 0) is 60.7 Å². The number of aromatic hydroxyl groups is 1. The Balaban J connectivity index is 1.48. The molecule has 0 aliphatic heterocycles. The number of nitrogens with zero attached hydrogens (tertiary/aromatic N) is 6. The number of para-hydroxylation sites is 1. The molecule has 0 saturated heterocycles. The Hall–Kier alpha value is -5.66. The molecule has 0 amide bonds. The number of hydrogen-bond donors (Lipinski definition) is 3. The minimum atomic E-state index is -4.58. The number of aromatic carboxylic acids is 1. The quantitative estimate of drug-likeness (QED) is 0.134. The average molecular weight is 579 g/mol. The zero-order valence-electron chi connectivity index (χ0n) is 21.3. The van der Waals surface area contributed by atoms with Crippen molar-refractivity contribution in [3.63, 3.8) is 0 Å². The monoisotopic (exact) mass is 578 g/mol. The van der Waals surface area contributed by atoms with Gasteiger partial charge >= 0.3 is 5.97 Å². The Bertz CT molecular complexity index is 2230. The van der Waals surface area contributed by atoms with Gasteiger partial charge in [-0.2, -0.15) is 13.5 Å². The molecule has 0 atom stereocenters. The largest absolute Gasteiger partial charge is 0.505 e. The fourth-order valence-electron chi connectivity index (χ4n) is 4.40. The molecule has 0 radical (unpaired) electrons. The van der Waals surface area contributed by atoms with Crippen LogP contribution in [0.1, 0.15) is 10.5 Å². The van der Waals surface area contributed by atoms with Crippen molar-refractivity contribution in [2.75, 3.05) is 0 Å². The van der Waals surface area contributed by atoms with Crippen molar-refractivity contribution in [3.8, 4) is 5.75 Å². The van der Waals surface area contributed by atoms with E-state index in [4.69, 9.17) is 0 Å². The predicted octanol–water partition coefficient (Wildman–Crippen LogP) is 7.42. The molecule has 206 valence electrons. The molecule has 12 nitrogen and oxygen atoms in total. The van der Waals surface area contributed by atoms with E-state index >= 15 is 0 Å². The first kappa shape index (κ1) is 26.6. The maximum atomic E-state index is 11.9. The Labute approximate surface area is 237 Å². The number of azo groups is 2. The lowest BCUT2D eigenvalue weighted by atomic mass is 10.1. The van der Waals surface area contributed by atoms with Crippen LogP contribution in [0.5, 0.6) is 5.75 Å². The first-order valence-corrected chi connectivity index (χ1v) is 13.7. The fourth-order valence-corrected chi connectivity index (χ4v) is 4.91. The van der Waals surface area contributed by atoms with Crippen molar-refractivity contribution in [2.24, 2.45) is 20.5 Å². The Morgan fingerprint density at radius 1 is 0.738 bits per heavy atom. The zero-order chi connectivity index (χ0) is 29.4. The van der Waals surface area contributed by atoms with Crippen LogP contribution in [0.3, 0.4) is 0 Å². The van der Waals surface area contributed by atoms with Crippen LogP contribution in [0, 0.1) is 0 Å². The summed E-state index contributed by atoms with van der Waals surface area (Å²) in [4.78, 5) is 19.9. The number of benzene rings is 4. The standard InChI is InChI=1S/C29H18N6O6S/c36-28-20-5-1-2-6-23(20)31-27(29(37)38)26(28)35-34-25-12-11-24(19-9-8-18(15-21(19)25)42(39,40)41)33-32-17-7-10-22-16(14-17)4-3-13-30-22/h1-15H,(H,31,36)(H,37,38)(H,39,40,41)/b33-32+,35-34+. The predicted molar refractivity (Wildman–Crippen MR) is 154 cm³/mol. The van der Waals surface area contributed by atoms with E-state index in [1.54, 1.807) is 42.6 Å². The van der Waals surface area contributed by atoms with Crippen molar-refractivity contribution < 1.29 is 28.0 Å². The summed E-state index contributed by atoms with van der Waals surface area (Å²) in [6.07, 6.45) is 1.69. The molecule has 0 saturated carbocycles. The molecule has 2 aromatic heterocycles. The maximum absolute atomic E-state index is 11.9. The van der Waals surface area contributed by atoms with E-state index in [1.807, 2.05) is 24.3 Å². The molecule has 6 rings (SSSR count). The van der Waals surface area contributed by atoms with Gasteiger partial charge in [0.15, 0.2) is 17.1 Å². The first-order valence-electron chi connectivity index (χ1n) is 12.3. The van der Waals surface area contributed by atoms with E-state index in [1.165, 1.54) is 24.3 Å². The van der Waals surface area contributed by atoms with E-state index in [9.17, 15) is 28.0 Å². The number of rotatable bonds is 6. The van der Waals surface area contributed by atoms with Crippen molar-refractivity contribution in [3.05, 3.63) is 96.8 Å². The third-order valence-corrected chi connectivity index (χ3v) is 7.25. The lowest BCUT2D eigenvalue weighted by Crippen LogP contribution is -2.01. The van der Waals surface area contributed by atoms with Crippen LogP contribution in [0.2, 0.25) is 0 Å². The van der Waals surface area contributed by atoms with Gasteiger partial charge in [0.05, 0.1) is 33.0 Å². The Morgan fingerprint density at radius 3 is 2.29 bits per heavy atom. The summed E-state index contributed by atoms with van der Waals surface area (Å²) in [5.41, 5.74) is 1.18. The number of fused-ring (bicyclic) bond motifs is 3. The second kappa shape index (κ2) is 10.4. The highest BCUT2D eigenvalue weighted by Crippen LogP contribution is 2.40. The topological polar surface area (TPSA) is 187 Å². The lowest BCUT2D eigenvalue weighted by Gasteiger charge is -2.08. The molecule has 2 heterocycles. The van der Waals surface area contributed by atoms with Crippen molar-refractivity contribution in [1.82, 2.24) is 9.97 Å². The number of pyridine rings is 2. The molecule has 0 fully saturated rings. The summed E-state index contributed by atoms with van der Waals surface area (Å²) < 4.78 is 33.5. The van der Waals surface area contributed by atoms with Gasteiger partial charge in [0, 0.05) is 27.7 Å². The number of carbonyl (C=O) groups is 1. The molecule has 0 bridgehead atoms. The van der Waals surface area contributed by atoms with Crippen LogP contribution >= 0.6 is 0 Å². The van der Waals surface area contributed by atoms with E-state index in [-0.39, 0.29) is 27.7 Å². The molecule has 42 heavy (non-hydrogen) atoms. The highest BCUT2D eigenvalue weighted by Gasteiger charge is 2.20. The van der Waals surface area contributed by atoms with E-state index in [2.05, 4.69) is 30.4 Å². The van der Waals surface area contributed by atoms with Crippen molar-refractivity contribution in [1.29, 1.82) is 0 Å². The summed E-state index contributed by atoms with van der Waals surface area (Å²) in [6, 6.07) is 22.4. The minimum absolute atomic E-state index is 0.107. The summed E-state index contributed by atoms with van der Waals surface area (Å²) in [5.74, 6) is -1.86. The number of hydrogen-bond acceptors (Lipinski definition) is 10. The van der Waals surface area contributed by atoms with Gasteiger partial charge in [-0.25, -0.2) is 9.78 Å². The highest BCUT2D eigenvalue weighted by molar-refractivity contribution is 7.85. The van der Waals surface area contributed by atoms with Gasteiger partial charge in [-0.3, -0.25) is 9.54 Å². The lowest BCUT2D eigenvalue weighted by molar-refractivity contribution is 0.0691. The number of aromatic nitrogens is 2. The Morgan fingerprint density at radius 2 is 1.50 bits per heavy atom. The van der Waals surface area contributed by atoms with Gasteiger partial charge in [-0.15, -0.1) is 15.3 Å². The van der Waals surface area contributed by atoms with Crippen LogP contribution < -0.4 is 0 Å². The van der Waals surface area contributed by atoms with Crippen LogP contribution in [-0.2, 0) is 10.1 Å². The first-order chi connectivity index (χ1) is 20.2. The van der Waals surface area contributed by atoms with E-state index in [0.29, 0.717) is 16.8 Å².